The molecule has 1 aromatic rings. The van der Waals surface area contributed by atoms with Crippen molar-refractivity contribution in [3.8, 4) is 0 Å². The molecule has 1 heterocycles. The van der Waals surface area contributed by atoms with Crippen molar-refractivity contribution in [1.82, 2.24) is 9.97 Å². The largest absolute Gasteiger partial charge is 0.294 e. The monoisotopic (exact) mass is 260 g/mol. The van der Waals surface area contributed by atoms with E-state index in [9.17, 15) is 4.79 Å². The van der Waals surface area contributed by atoms with Crippen LogP contribution in [0, 0.1) is 12.8 Å². The molecular weight excluding hydrogens is 236 g/mol. The average molecular weight is 260 g/mol. The molecule has 0 atom stereocenters. The highest BCUT2D eigenvalue weighted by Crippen LogP contribution is 2.36. The molecule has 0 amide bonds. The molecule has 3 nitrogen and oxygen atoms in total. The van der Waals surface area contributed by atoms with Crippen molar-refractivity contribution in [2.45, 2.75) is 65.2 Å². The fourth-order valence-corrected chi connectivity index (χ4v) is 3.14. The minimum atomic E-state index is 0.0516. The van der Waals surface area contributed by atoms with Crippen LogP contribution in [0.1, 0.15) is 80.2 Å². The van der Waals surface area contributed by atoms with Gasteiger partial charge in [0.1, 0.15) is 5.82 Å². The van der Waals surface area contributed by atoms with Crippen molar-refractivity contribution in [2.75, 3.05) is 0 Å². The van der Waals surface area contributed by atoms with Crippen molar-refractivity contribution in [1.29, 1.82) is 0 Å². The first-order valence-corrected chi connectivity index (χ1v) is 7.46. The standard InChI is InChI=1S/C16H24N2O/c1-4-5-13-6-8-14(9-7-13)16-17-10-15(12(3)19)11(2)18-16/h10,13-14H,4-9H2,1-3H3. The van der Waals surface area contributed by atoms with Crippen LogP contribution in [0.5, 0.6) is 0 Å². The Hall–Kier alpha value is -1.25. The number of hydrogen-bond donors (Lipinski definition) is 0. The van der Waals surface area contributed by atoms with E-state index in [2.05, 4.69) is 16.9 Å². The second kappa shape index (κ2) is 6.27. The van der Waals surface area contributed by atoms with E-state index in [1.165, 1.54) is 38.5 Å². The molecule has 1 aliphatic carbocycles. The molecule has 2 rings (SSSR count). The molecular formula is C16H24N2O. The van der Waals surface area contributed by atoms with Crippen molar-refractivity contribution >= 4 is 5.78 Å². The third-order valence-electron chi connectivity index (χ3n) is 4.29. The maximum atomic E-state index is 11.4. The van der Waals surface area contributed by atoms with E-state index < -0.39 is 0 Å². The normalized spacial score (nSPS) is 23.3. The molecule has 104 valence electrons. The van der Waals surface area contributed by atoms with Crippen molar-refractivity contribution in [3.63, 3.8) is 0 Å². The lowest BCUT2D eigenvalue weighted by atomic mass is 9.80. The smallest absolute Gasteiger partial charge is 0.163 e. The second-order valence-corrected chi connectivity index (χ2v) is 5.79. The quantitative estimate of drug-likeness (QED) is 0.767. The summed E-state index contributed by atoms with van der Waals surface area (Å²) in [5, 5.41) is 0. The molecule has 1 aromatic heterocycles. The Balaban J connectivity index is 2.04. The SMILES string of the molecule is CCCC1CCC(c2ncc(C(C)=O)c(C)n2)CC1. The number of nitrogens with zero attached hydrogens (tertiary/aromatic N) is 2. The number of carbonyl (C=O) groups excluding carboxylic acids is 1. The zero-order valence-corrected chi connectivity index (χ0v) is 12.3. The van der Waals surface area contributed by atoms with E-state index in [1.807, 2.05) is 6.92 Å². The summed E-state index contributed by atoms with van der Waals surface area (Å²) < 4.78 is 0. The molecule has 0 saturated heterocycles. The zero-order valence-electron chi connectivity index (χ0n) is 12.3. The zero-order chi connectivity index (χ0) is 13.8. The van der Waals surface area contributed by atoms with Crippen LogP contribution >= 0.6 is 0 Å². The van der Waals surface area contributed by atoms with Gasteiger partial charge >= 0.3 is 0 Å². The van der Waals surface area contributed by atoms with E-state index in [0.717, 1.165) is 17.4 Å². The van der Waals surface area contributed by atoms with E-state index >= 15 is 0 Å². The molecule has 1 saturated carbocycles. The number of Topliss-reactive ketones (excluding diaryl/α,β-unsaturated/α-hetero) is 1. The van der Waals surface area contributed by atoms with Gasteiger partial charge in [-0.15, -0.1) is 0 Å². The van der Waals surface area contributed by atoms with Crippen molar-refractivity contribution < 1.29 is 4.79 Å². The number of hydrogen-bond acceptors (Lipinski definition) is 3. The summed E-state index contributed by atoms with van der Waals surface area (Å²) in [4.78, 5) is 20.4. The topological polar surface area (TPSA) is 42.9 Å². The number of rotatable bonds is 4. The van der Waals surface area contributed by atoms with E-state index in [-0.39, 0.29) is 5.78 Å². The van der Waals surface area contributed by atoms with Crippen LogP contribution in [0.25, 0.3) is 0 Å². The van der Waals surface area contributed by atoms with Gasteiger partial charge in [0.15, 0.2) is 5.78 Å². The van der Waals surface area contributed by atoms with Gasteiger partial charge in [0.05, 0.1) is 11.3 Å². The summed E-state index contributed by atoms with van der Waals surface area (Å²) in [6.07, 6.45) is 9.35. The highest BCUT2D eigenvalue weighted by molar-refractivity contribution is 5.94. The van der Waals surface area contributed by atoms with Crippen LogP contribution in [0.3, 0.4) is 0 Å². The van der Waals surface area contributed by atoms with Crippen LogP contribution in [-0.2, 0) is 0 Å². The first kappa shape index (κ1) is 14.2. The van der Waals surface area contributed by atoms with Crippen LogP contribution in [-0.4, -0.2) is 15.8 Å². The molecule has 1 aliphatic rings. The number of carbonyl (C=O) groups is 1. The molecule has 0 unspecified atom stereocenters. The lowest BCUT2D eigenvalue weighted by Crippen LogP contribution is -2.16. The summed E-state index contributed by atoms with van der Waals surface area (Å²) in [6.45, 7) is 5.74. The molecule has 0 aromatic carbocycles. The fraction of sp³-hybridized carbons (Fsp3) is 0.688. The van der Waals surface area contributed by atoms with E-state index in [4.69, 9.17) is 0 Å². The Morgan fingerprint density at radius 1 is 1.32 bits per heavy atom. The molecule has 0 spiro atoms. The number of aryl methyl sites for hydroxylation is 1. The maximum Gasteiger partial charge on any atom is 0.163 e. The molecule has 3 heteroatoms. The van der Waals surface area contributed by atoms with Gasteiger partial charge in [0.2, 0.25) is 0 Å². The highest BCUT2D eigenvalue weighted by Gasteiger charge is 2.24. The van der Waals surface area contributed by atoms with Crippen LogP contribution in [0.15, 0.2) is 6.20 Å². The lowest BCUT2D eigenvalue weighted by molar-refractivity contribution is 0.101. The Bertz CT molecular complexity index is 448. The number of ketones is 1. The fourth-order valence-electron chi connectivity index (χ4n) is 3.14. The van der Waals surface area contributed by atoms with E-state index in [1.54, 1.807) is 13.1 Å². The third kappa shape index (κ3) is 3.40. The van der Waals surface area contributed by atoms with Crippen molar-refractivity contribution in [3.05, 3.63) is 23.3 Å². The van der Waals surface area contributed by atoms with Gasteiger partial charge in [-0.2, -0.15) is 0 Å². The van der Waals surface area contributed by atoms with Gasteiger partial charge in [0.25, 0.3) is 0 Å². The van der Waals surface area contributed by atoms with Gasteiger partial charge < -0.3 is 0 Å². The minimum absolute atomic E-state index is 0.0516. The Morgan fingerprint density at radius 2 is 2.00 bits per heavy atom. The van der Waals surface area contributed by atoms with Crippen LogP contribution in [0.4, 0.5) is 0 Å². The molecule has 0 aliphatic heterocycles. The van der Waals surface area contributed by atoms with Gasteiger partial charge in [0, 0.05) is 12.1 Å². The Labute approximate surface area is 115 Å². The van der Waals surface area contributed by atoms with Gasteiger partial charge in [-0.1, -0.05) is 19.8 Å². The molecule has 19 heavy (non-hydrogen) atoms. The predicted octanol–water partition coefficient (Wildman–Crippen LogP) is 4.06. The predicted molar refractivity (Wildman–Crippen MR) is 76.4 cm³/mol. The Morgan fingerprint density at radius 3 is 2.53 bits per heavy atom. The summed E-state index contributed by atoms with van der Waals surface area (Å²) >= 11 is 0. The number of aromatic nitrogens is 2. The third-order valence-corrected chi connectivity index (χ3v) is 4.29. The maximum absolute atomic E-state index is 11.4. The van der Waals surface area contributed by atoms with E-state index in [0.29, 0.717) is 11.5 Å². The molecule has 0 bridgehead atoms. The summed E-state index contributed by atoms with van der Waals surface area (Å²) in [5.41, 5.74) is 1.48. The Kier molecular flexibility index (Phi) is 4.67. The molecule has 0 radical (unpaired) electrons. The van der Waals surface area contributed by atoms with Crippen LogP contribution < -0.4 is 0 Å². The van der Waals surface area contributed by atoms with Gasteiger partial charge in [-0.05, 0) is 45.4 Å². The summed E-state index contributed by atoms with van der Waals surface area (Å²) in [5.74, 6) is 2.39. The lowest BCUT2D eigenvalue weighted by Gasteiger charge is -2.27. The first-order valence-electron chi connectivity index (χ1n) is 7.46. The van der Waals surface area contributed by atoms with Crippen molar-refractivity contribution in [2.24, 2.45) is 5.92 Å². The molecule has 1 fully saturated rings. The summed E-state index contributed by atoms with van der Waals surface area (Å²) in [7, 11) is 0. The average Bonchev–Trinajstić information content (AvgIpc) is 2.39. The second-order valence-electron chi connectivity index (χ2n) is 5.79. The van der Waals surface area contributed by atoms with Gasteiger partial charge in [-0.25, -0.2) is 9.97 Å². The highest BCUT2D eigenvalue weighted by atomic mass is 16.1. The van der Waals surface area contributed by atoms with Gasteiger partial charge in [-0.3, -0.25) is 4.79 Å². The minimum Gasteiger partial charge on any atom is -0.294 e. The van der Waals surface area contributed by atoms with Crippen LogP contribution in [0.2, 0.25) is 0 Å². The first-order chi connectivity index (χ1) is 9.11. The molecule has 0 N–H and O–H groups in total. The summed E-state index contributed by atoms with van der Waals surface area (Å²) in [6, 6.07) is 0.